The van der Waals surface area contributed by atoms with E-state index in [0.29, 0.717) is 4.68 Å². The van der Waals surface area contributed by atoms with Gasteiger partial charge in [-0.1, -0.05) is 35.0 Å². The molecule has 5 nitrogen and oxygen atoms in total. The second kappa shape index (κ2) is 6.76. The van der Waals surface area contributed by atoms with E-state index in [1.54, 1.807) is 5.32 Å². The molecule has 1 aromatic heterocycles. The first-order valence-corrected chi connectivity index (χ1v) is 7.80. The van der Waals surface area contributed by atoms with Crippen LogP contribution in [0, 0.1) is 0 Å². The van der Waals surface area contributed by atoms with E-state index in [9.17, 15) is 26.7 Å². The van der Waals surface area contributed by atoms with Gasteiger partial charge in [0.15, 0.2) is 6.17 Å². The van der Waals surface area contributed by atoms with E-state index in [4.69, 9.17) is 11.6 Å². The van der Waals surface area contributed by atoms with E-state index in [1.807, 2.05) is 0 Å². The highest BCUT2D eigenvalue weighted by molar-refractivity contribution is 6.30. The second-order valence-electron chi connectivity index (χ2n) is 5.53. The molecule has 0 fully saturated rings. The first kappa shape index (κ1) is 19.0. The second-order valence-corrected chi connectivity index (χ2v) is 5.97. The van der Waals surface area contributed by atoms with Crippen molar-refractivity contribution in [1.82, 2.24) is 20.3 Å². The fourth-order valence-corrected chi connectivity index (χ4v) is 2.57. The van der Waals surface area contributed by atoms with E-state index in [1.165, 1.54) is 42.5 Å². The molecule has 0 radical (unpaired) electrons. The number of halogens is 6. The van der Waals surface area contributed by atoms with Crippen LogP contribution >= 0.6 is 11.6 Å². The van der Waals surface area contributed by atoms with Gasteiger partial charge in [-0.15, -0.1) is 5.10 Å². The molecule has 1 amide bonds. The van der Waals surface area contributed by atoms with Crippen molar-refractivity contribution in [2.24, 2.45) is 0 Å². The molecule has 0 bridgehead atoms. The molecule has 1 heterocycles. The average Bonchev–Trinajstić information content (AvgIpc) is 3.02. The number of amides is 1. The number of para-hydroxylation sites is 1. The highest BCUT2D eigenvalue weighted by atomic mass is 35.5. The summed E-state index contributed by atoms with van der Waals surface area (Å²) >= 11 is 5.73. The Morgan fingerprint density at radius 3 is 2.44 bits per heavy atom. The van der Waals surface area contributed by atoms with Crippen molar-refractivity contribution in [3.63, 3.8) is 0 Å². The summed E-state index contributed by atoms with van der Waals surface area (Å²) in [6, 6.07) is 10.7. The average molecular weight is 405 g/mol. The minimum Gasteiger partial charge on any atom is -0.325 e. The molecule has 0 aliphatic rings. The van der Waals surface area contributed by atoms with Crippen LogP contribution in [0.25, 0.3) is 11.0 Å². The van der Waals surface area contributed by atoms with Crippen LogP contribution in [-0.4, -0.2) is 33.0 Å². The lowest BCUT2D eigenvalue weighted by molar-refractivity contribution is -0.301. The van der Waals surface area contributed by atoms with Gasteiger partial charge in [-0.2, -0.15) is 22.0 Å². The van der Waals surface area contributed by atoms with Crippen LogP contribution in [0.5, 0.6) is 0 Å². The molecule has 1 N–H and O–H groups in total. The van der Waals surface area contributed by atoms with Gasteiger partial charge in [0.2, 0.25) is 0 Å². The number of fused-ring (bicyclic) bond motifs is 1. The van der Waals surface area contributed by atoms with Crippen molar-refractivity contribution in [2.75, 3.05) is 0 Å². The van der Waals surface area contributed by atoms with E-state index in [2.05, 4.69) is 10.3 Å². The molecule has 142 valence electrons. The van der Waals surface area contributed by atoms with Crippen molar-refractivity contribution in [3.05, 3.63) is 59.1 Å². The number of benzene rings is 2. The maximum atomic E-state index is 14.2. The zero-order chi connectivity index (χ0) is 19.8. The van der Waals surface area contributed by atoms with E-state index in [-0.39, 0.29) is 21.6 Å². The van der Waals surface area contributed by atoms with Crippen molar-refractivity contribution in [2.45, 2.75) is 18.3 Å². The molecule has 0 aliphatic heterocycles. The molecule has 1 atom stereocenters. The van der Waals surface area contributed by atoms with E-state index in [0.717, 1.165) is 6.07 Å². The Morgan fingerprint density at radius 1 is 1.07 bits per heavy atom. The van der Waals surface area contributed by atoms with E-state index < -0.39 is 24.2 Å². The van der Waals surface area contributed by atoms with Gasteiger partial charge in [-0.05, 0) is 30.3 Å². The zero-order valence-corrected chi connectivity index (χ0v) is 14.0. The highest BCUT2D eigenvalue weighted by Crippen LogP contribution is 2.43. The van der Waals surface area contributed by atoms with Crippen molar-refractivity contribution < 1.29 is 26.7 Å². The van der Waals surface area contributed by atoms with Crippen LogP contribution in [-0.2, 0) is 0 Å². The maximum absolute atomic E-state index is 14.2. The molecule has 0 saturated heterocycles. The normalized spacial score (nSPS) is 13.6. The largest absolute Gasteiger partial charge is 0.457 e. The Labute approximate surface area is 153 Å². The van der Waals surface area contributed by atoms with Crippen molar-refractivity contribution in [1.29, 1.82) is 0 Å². The number of hydrogen-bond acceptors (Lipinski definition) is 3. The minimum atomic E-state index is -5.94. The topological polar surface area (TPSA) is 59.8 Å². The number of nitrogens with zero attached hydrogens (tertiary/aromatic N) is 3. The Morgan fingerprint density at radius 2 is 1.78 bits per heavy atom. The summed E-state index contributed by atoms with van der Waals surface area (Å²) < 4.78 is 67.7. The third kappa shape index (κ3) is 3.57. The fraction of sp³-hybridized carbons (Fsp3) is 0.188. The summed E-state index contributed by atoms with van der Waals surface area (Å²) in [5.41, 5.74) is -0.190. The molecular formula is C16H10ClF5N4O. The number of carbonyl (C=O) groups is 1. The summed E-state index contributed by atoms with van der Waals surface area (Å²) in [5.74, 6) is -6.50. The number of alkyl halides is 5. The number of aromatic nitrogens is 3. The van der Waals surface area contributed by atoms with Gasteiger partial charge in [0.05, 0.1) is 5.52 Å². The molecule has 0 aliphatic carbocycles. The Hall–Kier alpha value is -2.75. The van der Waals surface area contributed by atoms with Crippen LogP contribution < -0.4 is 5.32 Å². The quantitative estimate of drug-likeness (QED) is 0.663. The fourth-order valence-electron chi connectivity index (χ4n) is 2.38. The predicted octanol–water partition coefficient (Wildman–Crippen LogP) is 4.21. The summed E-state index contributed by atoms with van der Waals surface area (Å²) in [6.07, 6.45) is -8.79. The zero-order valence-electron chi connectivity index (χ0n) is 13.2. The standard InChI is InChI=1S/C16H10ClF5N4O/c17-10-5-3-4-9(8-10)13(27)23-14(15(18,19)16(20,21)22)26-12-7-2-1-6-11(12)24-25-26/h1-8,14H,(H,23,27). The van der Waals surface area contributed by atoms with Crippen LogP contribution in [0.1, 0.15) is 16.5 Å². The molecule has 3 rings (SSSR count). The van der Waals surface area contributed by atoms with Crippen molar-refractivity contribution >= 4 is 28.5 Å². The minimum absolute atomic E-state index is 0.0949. The third-order valence-electron chi connectivity index (χ3n) is 3.70. The molecule has 2 aromatic carbocycles. The lowest BCUT2D eigenvalue weighted by Crippen LogP contribution is -2.52. The van der Waals surface area contributed by atoms with Gasteiger partial charge in [0.25, 0.3) is 5.91 Å². The summed E-state index contributed by atoms with van der Waals surface area (Å²) in [6.45, 7) is 0. The Kier molecular flexibility index (Phi) is 4.77. The molecule has 1 unspecified atom stereocenters. The third-order valence-corrected chi connectivity index (χ3v) is 3.93. The number of carbonyl (C=O) groups excluding carboxylic acids is 1. The highest BCUT2D eigenvalue weighted by Gasteiger charge is 2.64. The van der Waals surface area contributed by atoms with Gasteiger partial charge >= 0.3 is 12.1 Å². The van der Waals surface area contributed by atoms with Crippen LogP contribution in [0.4, 0.5) is 22.0 Å². The number of nitrogens with one attached hydrogen (secondary N) is 1. The van der Waals surface area contributed by atoms with Gasteiger partial charge in [0, 0.05) is 10.6 Å². The molecular weight excluding hydrogens is 395 g/mol. The first-order valence-electron chi connectivity index (χ1n) is 7.42. The summed E-state index contributed by atoms with van der Waals surface area (Å²) in [5, 5.41) is 8.77. The molecule has 3 aromatic rings. The lowest BCUT2D eigenvalue weighted by atomic mass is 10.1. The maximum Gasteiger partial charge on any atom is 0.457 e. The van der Waals surface area contributed by atoms with E-state index >= 15 is 0 Å². The lowest BCUT2D eigenvalue weighted by Gasteiger charge is -2.29. The summed E-state index contributed by atoms with van der Waals surface area (Å²) in [4.78, 5) is 12.3. The predicted molar refractivity (Wildman–Crippen MR) is 86.5 cm³/mol. The van der Waals surface area contributed by atoms with Gasteiger partial charge in [-0.25, -0.2) is 4.68 Å². The molecule has 27 heavy (non-hydrogen) atoms. The molecule has 0 saturated carbocycles. The monoisotopic (exact) mass is 404 g/mol. The Bertz CT molecular complexity index is 988. The molecule has 11 heteroatoms. The smallest absolute Gasteiger partial charge is 0.325 e. The van der Waals surface area contributed by atoms with Gasteiger partial charge in [-0.3, -0.25) is 4.79 Å². The van der Waals surface area contributed by atoms with Crippen LogP contribution in [0.15, 0.2) is 48.5 Å². The van der Waals surface area contributed by atoms with Gasteiger partial charge in [0.1, 0.15) is 5.52 Å². The summed E-state index contributed by atoms with van der Waals surface area (Å²) in [7, 11) is 0. The SMILES string of the molecule is O=C(NC(n1nnc2ccccc21)C(F)(F)C(F)(F)F)c1cccc(Cl)c1. The first-order chi connectivity index (χ1) is 12.6. The number of hydrogen-bond donors (Lipinski definition) is 1. The van der Waals surface area contributed by atoms with Gasteiger partial charge < -0.3 is 5.32 Å². The number of rotatable bonds is 4. The van der Waals surface area contributed by atoms with Crippen molar-refractivity contribution in [3.8, 4) is 0 Å². The van der Waals surface area contributed by atoms with Crippen LogP contribution in [0.3, 0.4) is 0 Å². The molecule has 0 spiro atoms. The van der Waals surface area contributed by atoms with Crippen LogP contribution in [0.2, 0.25) is 5.02 Å². The Balaban J connectivity index is 2.07.